The molecule has 1 aromatic rings. The maximum absolute atomic E-state index is 12.2. The summed E-state index contributed by atoms with van der Waals surface area (Å²) in [5.74, 6) is -0.265. The van der Waals surface area contributed by atoms with E-state index in [0.717, 1.165) is 11.3 Å². The van der Waals surface area contributed by atoms with Crippen molar-refractivity contribution < 1.29 is 14.7 Å². The Bertz CT molecular complexity index is 462. The lowest BCUT2D eigenvalue weighted by atomic mass is 10.2. The quantitative estimate of drug-likeness (QED) is 0.845. The predicted octanol–water partition coefficient (Wildman–Crippen LogP) is 2.35. The molecule has 1 atom stereocenters. The first kappa shape index (κ1) is 16.4. The van der Waals surface area contributed by atoms with Gasteiger partial charge in [0.05, 0.1) is 0 Å². The molecule has 1 rings (SSSR count). The number of thioether (sulfide) groups is 1. The third kappa shape index (κ3) is 5.13. The molecule has 0 saturated carbocycles. The lowest BCUT2D eigenvalue weighted by Crippen LogP contribution is -2.46. The molecule has 2 amide bonds. The van der Waals surface area contributed by atoms with Crippen LogP contribution in [0.25, 0.3) is 0 Å². The number of carboxylic acid groups (broad SMARTS) is 1. The highest BCUT2D eigenvalue weighted by Crippen LogP contribution is 2.15. The number of rotatable bonds is 6. The van der Waals surface area contributed by atoms with Gasteiger partial charge in [0.15, 0.2) is 0 Å². The Morgan fingerprint density at radius 1 is 1.35 bits per heavy atom. The minimum atomic E-state index is -1.04. The zero-order chi connectivity index (χ0) is 15.1. The van der Waals surface area contributed by atoms with Crippen LogP contribution in [-0.4, -0.2) is 41.7 Å². The highest BCUT2D eigenvalue weighted by atomic mass is 32.2. The fraction of sp³-hybridized carbons (Fsp3) is 0.429. The van der Waals surface area contributed by atoms with Crippen molar-refractivity contribution in [3.8, 4) is 0 Å². The Morgan fingerprint density at radius 3 is 2.45 bits per heavy atom. The van der Waals surface area contributed by atoms with E-state index in [2.05, 4.69) is 5.32 Å². The molecule has 0 bridgehead atoms. The molecule has 0 aliphatic rings. The third-order valence-electron chi connectivity index (χ3n) is 2.67. The summed E-state index contributed by atoms with van der Waals surface area (Å²) >= 11 is 1.63. The van der Waals surface area contributed by atoms with Gasteiger partial charge in [-0.25, -0.2) is 4.79 Å². The molecule has 0 fully saturated rings. The van der Waals surface area contributed by atoms with Crippen molar-refractivity contribution >= 4 is 29.4 Å². The Balaban J connectivity index is 2.85. The Hall–Kier alpha value is -1.69. The van der Waals surface area contributed by atoms with Crippen molar-refractivity contribution in [3.05, 3.63) is 29.8 Å². The summed E-state index contributed by atoms with van der Waals surface area (Å²) in [6, 6.07) is 6.79. The van der Waals surface area contributed by atoms with Crippen molar-refractivity contribution in [1.29, 1.82) is 0 Å². The number of nitrogens with zero attached hydrogens (tertiary/aromatic N) is 1. The average molecular weight is 296 g/mol. The summed E-state index contributed by atoms with van der Waals surface area (Å²) in [5.41, 5.74) is 1.63. The Labute approximate surface area is 123 Å². The maximum Gasteiger partial charge on any atom is 0.323 e. The van der Waals surface area contributed by atoms with E-state index in [0.29, 0.717) is 5.69 Å². The van der Waals surface area contributed by atoms with Crippen molar-refractivity contribution in [2.45, 2.75) is 19.9 Å². The van der Waals surface area contributed by atoms with Crippen LogP contribution < -0.4 is 10.2 Å². The van der Waals surface area contributed by atoms with Gasteiger partial charge in [-0.15, -0.1) is 0 Å². The van der Waals surface area contributed by atoms with E-state index in [9.17, 15) is 9.59 Å². The van der Waals surface area contributed by atoms with E-state index in [1.54, 1.807) is 23.9 Å². The summed E-state index contributed by atoms with van der Waals surface area (Å²) in [5, 5.41) is 11.8. The molecule has 1 aromatic carbocycles. The third-order valence-corrected chi connectivity index (χ3v) is 3.50. The second-order valence-electron chi connectivity index (χ2n) is 4.62. The summed E-state index contributed by atoms with van der Waals surface area (Å²) in [7, 11) is 0. The second kappa shape index (κ2) is 7.79. The number of carbonyl (C=O) groups is 2. The van der Waals surface area contributed by atoms with Gasteiger partial charge < -0.3 is 10.4 Å². The van der Waals surface area contributed by atoms with Gasteiger partial charge in [-0.1, -0.05) is 17.7 Å². The monoisotopic (exact) mass is 296 g/mol. The summed E-state index contributed by atoms with van der Waals surface area (Å²) in [6.45, 7) is 3.47. The molecular weight excluding hydrogens is 276 g/mol. The molecule has 6 heteroatoms. The molecule has 0 radical (unpaired) electrons. The lowest BCUT2D eigenvalue weighted by Gasteiger charge is -2.23. The van der Waals surface area contributed by atoms with Gasteiger partial charge in [0.1, 0.15) is 6.54 Å². The normalized spacial score (nSPS) is 11.8. The van der Waals surface area contributed by atoms with Gasteiger partial charge in [0.25, 0.3) is 0 Å². The van der Waals surface area contributed by atoms with Crippen LogP contribution in [0.2, 0.25) is 0 Å². The first-order chi connectivity index (χ1) is 9.43. The number of benzene rings is 1. The van der Waals surface area contributed by atoms with Gasteiger partial charge >= 0.3 is 12.0 Å². The lowest BCUT2D eigenvalue weighted by molar-refractivity contribution is -0.135. The highest BCUT2D eigenvalue weighted by Gasteiger charge is 2.20. The van der Waals surface area contributed by atoms with Gasteiger partial charge in [-0.2, -0.15) is 11.8 Å². The highest BCUT2D eigenvalue weighted by molar-refractivity contribution is 7.98. The number of carbonyl (C=O) groups excluding carboxylic acids is 1. The number of carboxylic acids is 1. The number of aliphatic carboxylic acids is 1. The first-order valence-electron chi connectivity index (χ1n) is 6.29. The van der Waals surface area contributed by atoms with Crippen LogP contribution in [0.4, 0.5) is 10.5 Å². The minimum absolute atomic E-state index is 0.0146. The molecule has 0 aromatic heterocycles. The summed E-state index contributed by atoms with van der Waals surface area (Å²) in [4.78, 5) is 24.4. The fourth-order valence-electron chi connectivity index (χ4n) is 1.72. The molecule has 0 saturated heterocycles. The van der Waals surface area contributed by atoms with Crippen LogP contribution in [0, 0.1) is 6.92 Å². The molecule has 20 heavy (non-hydrogen) atoms. The molecule has 5 nitrogen and oxygen atoms in total. The zero-order valence-corrected chi connectivity index (χ0v) is 12.7. The van der Waals surface area contributed by atoms with Crippen LogP contribution >= 0.6 is 11.8 Å². The Morgan fingerprint density at radius 2 is 1.95 bits per heavy atom. The van der Waals surface area contributed by atoms with Gasteiger partial charge in [-0.05, 0) is 32.2 Å². The van der Waals surface area contributed by atoms with Crippen molar-refractivity contribution in [1.82, 2.24) is 5.32 Å². The maximum atomic E-state index is 12.2. The number of amides is 2. The van der Waals surface area contributed by atoms with E-state index in [1.807, 2.05) is 32.2 Å². The van der Waals surface area contributed by atoms with E-state index in [1.165, 1.54) is 4.90 Å². The number of hydrogen-bond donors (Lipinski definition) is 2. The first-order valence-corrected chi connectivity index (χ1v) is 7.69. The molecule has 110 valence electrons. The minimum Gasteiger partial charge on any atom is -0.480 e. The SMILES string of the molecule is CSCC(C)NC(=O)N(CC(=O)O)c1ccc(C)cc1. The van der Waals surface area contributed by atoms with Gasteiger partial charge in [-0.3, -0.25) is 9.69 Å². The number of nitrogens with one attached hydrogen (secondary N) is 1. The van der Waals surface area contributed by atoms with E-state index >= 15 is 0 Å². The van der Waals surface area contributed by atoms with E-state index in [4.69, 9.17) is 5.11 Å². The fourth-order valence-corrected chi connectivity index (χ4v) is 2.30. The van der Waals surface area contributed by atoms with Crippen LogP contribution in [0.1, 0.15) is 12.5 Å². The number of anilines is 1. The Kier molecular flexibility index (Phi) is 6.38. The molecule has 1 unspecified atom stereocenters. The van der Waals surface area contributed by atoms with Crippen LogP contribution in [-0.2, 0) is 4.79 Å². The van der Waals surface area contributed by atoms with Crippen LogP contribution in [0.3, 0.4) is 0 Å². The van der Waals surface area contributed by atoms with Gasteiger partial charge in [0.2, 0.25) is 0 Å². The zero-order valence-electron chi connectivity index (χ0n) is 11.9. The van der Waals surface area contributed by atoms with E-state index in [-0.39, 0.29) is 12.6 Å². The van der Waals surface area contributed by atoms with Crippen molar-refractivity contribution in [2.24, 2.45) is 0 Å². The molecule has 0 heterocycles. The summed E-state index contributed by atoms with van der Waals surface area (Å²) < 4.78 is 0. The molecular formula is C14H20N2O3S. The summed E-state index contributed by atoms with van der Waals surface area (Å²) in [6.07, 6.45) is 1.96. The molecule has 0 spiro atoms. The molecule has 0 aliphatic heterocycles. The van der Waals surface area contributed by atoms with Crippen molar-refractivity contribution in [3.63, 3.8) is 0 Å². The van der Waals surface area contributed by atoms with E-state index < -0.39 is 12.0 Å². The number of aryl methyl sites for hydroxylation is 1. The van der Waals surface area contributed by atoms with Crippen LogP contribution in [0.15, 0.2) is 24.3 Å². The molecule has 2 N–H and O–H groups in total. The smallest absolute Gasteiger partial charge is 0.323 e. The second-order valence-corrected chi connectivity index (χ2v) is 5.53. The standard InChI is InChI=1S/C14H20N2O3S/c1-10-4-6-12(7-5-10)16(8-13(17)18)14(19)15-11(2)9-20-3/h4-7,11H,8-9H2,1-3H3,(H,15,19)(H,17,18). The molecule has 0 aliphatic carbocycles. The van der Waals surface area contributed by atoms with Crippen molar-refractivity contribution in [2.75, 3.05) is 23.5 Å². The number of urea groups is 1. The number of hydrogen-bond acceptors (Lipinski definition) is 3. The topological polar surface area (TPSA) is 69.6 Å². The van der Waals surface area contributed by atoms with Gasteiger partial charge in [0, 0.05) is 17.5 Å². The predicted molar refractivity (Wildman–Crippen MR) is 82.5 cm³/mol. The largest absolute Gasteiger partial charge is 0.480 e. The van der Waals surface area contributed by atoms with Crippen LogP contribution in [0.5, 0.6) is 0 Å². The average Bonchev–Trinajstić information content (AvgIpc) is 2.37.